The third-order valence-electron chi connectivity index (χ3n) is 5.12. The van der Waals surface area contributed by atoms with E-state index in [0.717, 1.165) is 17.7 Å². The van der Waals surface area contributed by atoms with Crippen molar-refractivity contribution in [3.8, 4) is 11.5 Å². The molecule has 0 spiro atoms. The first kappa shape index (κ1) is 16.8. The lowest BCUT2D eigenvalue weighted by Gasteiger charge is -2.41. The van der Waals surface area contributed by atoms with Crippen LogP contribution in [0.2, 0.25) is 0 Å². The van der Waals surface area contributed by atoms with Crippen molar-refractivity contribution < 1.29 is 19.0 Å². The Balaban J connectivity index is 1.48. The Morgan fingerprint density at radius 3 is 3.04 bits per heavy atom. The predicted molar refractivity (Wildman–Crippen MR) is 92.1 cm³/mol. The number of rotatable bonds is 4. The lowest BCUT2D eigenvalue weighted by atomic mass is 9.99. The second-order valence-corrected chi connectivity index (χ2v) is 6.57. The molecular weight excluding hydrogens is 336 g/mol. The zero-order chi connectivity index (χ0) is 18.1. The van der Waals surface area contributed by atoms with Gasteiger partial charge in [0.15, 0.2) is 0 Å². The van der Waals surface area contributed by atoms with Crippen LogP contribution < -0.4 is 9.47 Å². The van der Waals surface area contributed by atoms with Crippen LogP contribution >= 0.6 is 0 Å². The van der Waals surface area contributed by atoms with E-state index in [0.29, 0.717) is 31.2 Å². The highest BCUT2D eigenvalue weighted by Crippen LogP contribution is 2.31. The highest BCUT2D eigenvalue weighted by Gasteiger charge is 2.37. The number of hydrogen-bond acceptors (Lipinski definition) is 6. The molecule has 26 heavy (non-hydrogen) atoms. The monoisotopic (exact) mass is 358 g/mol. The van der Waals surface area contributed by atoms with E-state index in [4.69, 9.17) is 14.2 Å². The van der Waals surface area contributed by atoms with E-state index in [2.05, 4.69) is 10.3 Å². The number of nitrogens with zero attached hydrogens (tertiary/aromatic N) is 4. The predicted octanol–water partition coefficient (Wildman–Crippen LogP) is 1.21. The Bertz CT molecular complexity index is 806. The van der Waals surface area contributed by atoms with Gasteiger partial charge >= 0.3 is 0 Å². The number of piperidine rings is 1. The molecule has 0 radical (unpaired) electrons. The van der Waals surface area contributed by atoms with Gasteiger partial charge in [-0.2, -0.15) is 0 Å². The van der Waals surface area contributed by atoms with Crippen LogP contribution in [0, 0.1) is 0 Å². The molecule has 2 aromatic rings. The Morgan fingerprint density at radius 1 is 1.35 bits per heavy atom. The van der Waals surface area contributed by atoms with Crippen LogP contribution in [0.5, 0.6) is 11.5 Å². The smallest absolute Gasteiger partial charge is 0.227 e. The Labute approximate surface area is 151 Å². The van der Waals surface area contributed by atoms with Crippen LogP contribution in [0.25, 0.3) is 0 Å². The van der Waals surface area contributed by atoms with Crippen molar-refractivity contribution in [1.82, 2.24) is 19.9 Å². The van der Waals surface area contributed by atoms with E-state index >= 15 is 0 Å². The molecule has 8 heteroatoms. The van der Waals surface area contributed by atoms with Gasteiger partial charge in [0, 0.05) is 24.7 Å². The van der Waals surface area contributed by atoms with Gasteiger partial charge in [0.1, 0.15) is 11.5 Å². The molecule has 0 bridgehead atoms. The molecule has 1 aromatic heterocycles. The summed E-state index contributed by atoms with van der Waals surface area (Å²) in [5.41, 5.74) is 1.80. The van der Waals surface area contributed by atoms with Crippen molar-refractivity contribution >= 4 is 5.91 Å². The number of likely N-dealkylation sites (tertiary alicyclic amines) is 1. The number of fused-ring (bicyclic) bond motifs is 3. The summed E-state index contributed by atoms with van der Waals surface area (Å²) in [6, 6.07) is 5.54. The summed E-state index contributed by atoms with van der Waals surface area (Å²) in [5.74, 6) is 1.43. The Hall–Kier alpha value is -2.61. The number of carbonyl (C=O) groups is 1. The maximum Gasteiger partial charge on any atom is 0.227 e. The largest absolute Gasteiger partial charge is 0.497 e. The normalized spacial score (nSPS) is 21.7. The number of ether oxygens (including phenoxy) is 3. The van der Waals surface area contributed by atoms with E-state index in [1.54, 1.807) is 26.5 Å². The summed E-state index contributed by atoms with van der Waals surface area (Å²) in [4.78, 5) is 14.7. The number of aromatic nitrogens is 3. The molecule has 2 aliphatic heterocycles. The third kappa shape index (κ3) is 3.01. The van der Waals surface area contributed by atoms with Crippen molar-refractivity contribution in [3.63, 3.8) is 0 Å². The zero-order valence-corrected chi connectivity index (χ0v) is 14.9. The van der Waals surface area contributed by atoms with Crippen molar-refractivity contribution in [3.05, 3.63) is 35.7 Å². The summed E-state index contributed by atoms with van der Waals surface area (Å²) >= 11 is 0. The molecule has 2 aliphatic rings. The molecule has 8 nitrogen and oxygen atoms in total. The van der Waals surface area contributed by atoms with Crippen LogP contribution in [0.3, 0.4) is 0 Å². The quantitative estimate of drug-likeness (QED) is 0.817. The van der Waals surface area contributed by atoms with Gasteiger partial charge < -0.3 is 19.1 Å². The molecule has 0 saturated carbocycles. The number of carbonyl (C=O) groups excluding carboxylic acids is 1. The maximum atomic E-state index is 12.9. The minimum Gasteiger partial charge on any atom is -0.497 e. The zero-order valence-electron chi connectivity index (χ0n) is 14.9. The average molecular weight is 358 g/mol. The molecule has 0 N–H and O–H groups in total. The topological polar surface area (TPSA) is 78.7 Å². The van der Waals surface area contributed by atoms with E-state index < -0.39 is 0 Å². The highest BCUT2D eigenvalue weighted by molar-refractivity contribution is 5.79. The summed E-state index contributed by atoms with van der Waals surface area (Å²) < 4.78 is 18.4. The summed E-state index contributed by atoms with van der Waals surface area (Å²) in [6.07, 6.45) is 2.90. The molecule has 1 aromatic carbocycles. The first-order valence-electron chi connectivity index (χ1n) is 8.69. The molecule has 1 amide bonds. The summed E-state index contributed by atoms with van der Waals surface area (Å²) in [7, 11) is 3.20. The van der Waals surface area contributed by atoms with Gasteiger partial charge in [-0.25, -0.2) is 4.68 Å². The lowest BCUT2D eigenvalue weighted by molar-refractivity contribution is -0.137. The standard InChI is InChI=1S/C18H22N4O4/c1-24-14-4-3-12(17(8-14)25-2)7-18(23)21-6-5-16-15(10-21)22-13(11-26-16)9-19-20-22/h3-4,8-9,15-16H,5-7,10-11H2,1-2H3/t15-,16+/m1/s1. The Morgan fingerprint density at radius 2 is 2.23 bits per heavy atom. The first-order chi connectivity index (χ1) is 12.7. The molecule has 1 fully saturated rings. The van der Waals surface area contributed by atoms with Crippen LogP contribution in [0.15, 0.2) is 24.4 Å². The van der Waals surface area contributed by atoms with Gasteiger partial charge in [-0.15, -0.1) is 5.10 Å². The summed E-state index contributed by atoms with van der Waals surface area (Å²) in [6.45, 7) is 1.80. The second kappa shape index (κ2) is 6.95. The van der Waals surface area contributed by atoms with Crippen LogP contribution in [0.4, 0.5) is 0 Å². The van der Waals surface area contributed by atoms with E-state index in [1.807, 2.05) is 21.7 Å². The average Bonchev–Trinajstić information content (AvgIpc) is 3.17. The van der Waals surface area contributed by atoms with Crippen molar-refractivity contribution in [1.29, 1.82) is 0 Å². The van der Waals surface area contributed by atoms with E-state index in [1.165, 1.54) is 0 Å². The molecule has 3 heterocycles. The third-order valence-corrected chi connectivity index (χ3v) is 5.12. The molecule has 138 valence electrons. The van der Waals surface area contributed by atoms with Crippen molar-refractivity contribution in [2.75, 3.05) is 27.3 Å². The molecular formula is C18H22N4O4. The van der Waals surface area contributed by atoms with E-state index in [9.17, 15) is 4.79 Å². The number of amides is 1. The fourth-order valence-electron chi connectivity index (χ4n) is 3.68. The van der Waals surface area contributed by atoms with Gasteiger partial charge in [0.25, 0.3) is 0 Å². The van der Waals surface area contributed by atoms with Crippen molar-refractivity contribution in [2.24, 2.45) is 0 Å². The summed E-state index contributed by atoms with van der Waals surface area (Å²) in [5, 5.41) is 8.15. The van der Waals surface area contributed by atoms with Crippen LogP contribution in [0.1, 0.15) is 23.7 Å². The van der Waals surface area contributed by atoms with Crippen LogP contribution in [-0.4, -0.2) is 59.2 Å². The van der Waals surface area contributed by atoms with Gasteiger partial charge in [0.2, 0.25) is 5.91 Å². The molecule has 0 unspecified atom stereocenters. The van der Waals surface area contributed by atoms with Gasteiger partial charge in [0.05, 0.1) is 51.3 Å². The second-order valence-electron chi connectivity index (χ2n) is 6.57. The van der Waals surface area contributed by atoms with E-state index in [-0.39, 0.29) is 24.5 Å². The maximum absolute atomic E-state index is 12.9. The SMILES string of the molecule is COc1ccc(CC(=O)N2CC[C@@H]3OCc4cnnn4[C@@H]3C2)c(OC)c1. The van der Waals surface area contributed by atoms with Gasteiger partial charge in [-0.3, -0.25) is 4.79 Å². The number of benzene rings is 1. The number of methoxy groups -OCH3 is 2. The molecule has 1 saturated heterocycles. The Kier molecular flexibility index (Phi) is 4.50. The fraction of sp³-hybridized carbons (Fsp3) is 0.500. The highest BCUT2D eigenvalue weighted by atomic mass is 16.5. The number of hydrogen-bond donors (Lipinski definition) is 0. The van der Waals surface area contributed by atoms with Crippen molar-refractivity contribution in [2.45, 2.75) is 31.6 Å². The minimum atomic E-state index is 0.0247. The molecule has 2 atom stereocenters. The minimum absolute atomic E-state index is 0.0247. The van der Waals surface area contributed by atoms with Gasteiger partial charge in [-0.1, -0.05) is 11.3 Å². The van der Waals surface area contributed by atoms with Gasteiger partial charge in [-0.05, 0) is 12.5 Å². The lowest BCUT2D eigenvalue weighted by Crippen LogP contribution is -2.50. The molecule has 4 rings (SSSR count). The molecule has 0 aliphatic carbocycles. The van der Waals surface area contributed by atoms with Crippen LogP contribution in [-0.2, 0) is 22.6 Å². The fourth-order valence-corrected chi connectivity index (χ4v) is 3.68. The first-order valence-corrected chi connectivity index (χ1v) is 8.69.